The average Bonchev–Trinajstić information content (AvgIpc) is 2.71. The molecule has 4 heteroatoms. The second kappa shape index (κ2) is 4.42. The third-order valence-electron chi connectivity index (χ3n) is 1.84. The van der Waals surface area contributed by atoms with E-state index in [-0.39, 0.29) is 12.5 Å². The van der Waals surface area contributed by atoms with Crippen molar-refractivity contribution in [3.63, 3.8) is 0 Å². The molecule has 0 heterocycles. The van der Waals surface area contributed by atoms with Crippen molar-refractivity contribution >= 4 is 5.91 Å². The standard InChI is InChI=1S/C8H16N2O2/c1-10(4-5-11)6-8(12)9-7-2-3-7/h7,11H,2-6H2,1H3,(H,9,12). The maximum absolute atomic E-state index is 11.1. The van der Waals surface area contributed by atoms with Gasteiger partial charge in [-0.3, -0.25) is 9.69 Å². The highest BCUT2D eigenvalue weighted by molar-refractivity contribution is 5.78. The van der Waals surface area contributed by atoms with Crippen LogP contribution in [0.2, 0.25) is 0 Å². The van der Waals surface area contributed by atoms with Crippen molar-refractivity contribution in [1.82, 2.24) is 10.2 Å². The van der Waals surface area contributed by atoms with Crippen molar-refractivity contribution in [2.75, 3.05) is 26.7 Å². The first-order valence-electron chi connectivity index (χ1n) is 4.31. The largest absolute Gasteiger partial charge is 0.395 e. The number of nitrogens with zero attached hydrogens (tertiary/aromatic N) is 1. The third kappa shape index (κ3) is 3.69. The van der Waals surface area contributed by atoms with Crippen LogP contribution in [0.25, 0.3) is 0 Å². The zero-order valence-corrected chi connectivity index (χ0v) is 7.42. The summed E-state index contributed by atoms with van der Waals surface area (Å²) < 4.78 is 0. The molecule has 1 saturated carbocycles. The van der Waals surface area contributed by atoms with Crippen LogP contribution in [-0.4, -0.2) is 48.7 Å². The van der Waals surface area contributed by atoms with Gasteiger partial charge in [0.25, 0.3) is 0 Å². The summed E-state index contributed by atoms with van der Waals surface area (Å²) in [4.78, 5) is 12.9. The molecule has 0 saturated heterocycles. The molecule has 12 heavy (non-hydrogen) atoms. The lowest BCUT2D eigenvalue weighted by Crippen LogP contribution is -2.37. The molecule has 0 unspecified atom stereocenters. The van der Waals surface area contributed by atoms with Gasteiger partial charge >= 0.3 is 0 Å². The van der Waals surface area contributed by atoms with Gasteiger partial charge in [0.15, 0.2) is 0 Å². The fraction of sp³-hybridized carbons (Fsp3) is 0.875. The number of hydrogen-bond donors (Lipinski definition) is 2. The summed E-state index contributed by atoms with van der Waals surface area (Å²) in [5.41, 5.74) is 0. The van der Waals surface area contributed by atoms with Gasteiger partial charge in [-0.1, -0.05) is 0 Å². The second-order valence-electron chi connectivity index (χ2n) is 3.30. The average molecular weight is 172 g/mol. The predicted molar refractivity (Wildman–Crippen MR) is 45.7 cm³/mol. The summed E-state index contributed by atoms with van der Waals surface area (Å²) in [6.07, 6.45) is 2.24. The SMILES string of the molecule is CN(CCO)CC(=O)NC1CC1. The molecule has 1 amide bonds. The van der Waals surface area contributed by atoms with Crippen molar-refractivity contribution in [1.29, 1.82) is 0 Å². The van der Waals surface area contributed by atoms with Crippen LogP contribution in [0.3, 0.4) is 0 Å². The van der Waals surface area contributed by atoms with E-state index >= 15 is 0 Å². The Kier molecular flexibility index (Phi) is 3.49. The Balaban J connectivity index is 2.06. The first-order valence-corrected chi connectivity index (χ1v) is 4.31. The number of hydrogen-bond acceptors (Lipinski definition) is 3. The van der Waals surface area contributed by atoms with Crippen molar-refractivity contribution < 1.29 is 9.90 Å². The topological polar surface area (TPSA) is 52.6 Å². The molecular weight excluding hydrogens is 156 g/mol. The van der Waals surface area contributed by atoms with E-state index in [0.29, 0.717) is 19.1 Å². The number of aliphatic hydroxyl groups is 1. The lowest BCUT2D eigenvalue weighted by Gasteiger charge is -2.13. The van der Waals surface area contributed by atoms with E-state index in [4.69, 9.17) is 5.11 Å². The molecule has 0 radical (unpaired) electrons. The lowest BCUT2D eigenvalue weighted by molar-refractivity contribution is -0.122. The number of carbonyl (C=O) groups is 1. The summed E-state index contributed by atoms with van der Waals surface area (Å²) in [7, 11) is 1.82. The minimum Gasteiger partial charge on any atom is -0.395 e. The molecule has 0 spiro atoms. The van der Waals surface area contributed by atoms with Gasteiger partial charge in [0, 0.05) is 12.6 Å². The summed E-state index contributed by atoms with van der Waals surface area (Å²) in [5.74, 6) is 0.0634. The van der Waals surface area contributed by atoms with Crippen molar-refractivity contribution in [2.24, 2.45) is 0 Å². The Morgan fingerprint density at radius 2 is 2.33 bits per heavy atom. The highest BCUT2D eigenvalue weighted by Crippen LogP contribution is 2.18. The van der Waals surface area contributed by atoms with Crippen molar-refractivity contribution in [2.45, 2.75) is 18.9 Å². The van der Waals surface area contributed by atoms with Gasteiger partial charge in [0.1, 0.15) is 0 Å². The fourth-order valence-corrected chi connectivity index (χ4v) is 0.996. The molecule has 70 valence electrons. The van der Waals surface area contributed by atoms with E-state index in [1.165, 1.54) is 0 Å². The number of carbonyl (C=O) groups excluding carboxylic acids is 1. The molecule has 2 N–H and O–H groups in total. The zero-order valence-electron chi connectivity index (χ0n) is 7.42. The second-order valence-corrected chi connectivity index (χ2v) is 3.30. The Bertz CT molecular complexity index is 157. The third-order valence-corrected chi connectivity index (χ3v) is 1.84. The van der Waals surface area contributed by atoms with Gasteiger partial charge in [-0.2, -0.15) is 0 Å². The monoisotopic (exact) mass is 172 g/mol. The van der Waals surface area contributed by atoms with Gasteiger partial charge in [-0.25, -0.2) is 0 Å². The molecule has 1 aliphatic carbocycles. The predicted octanol–water partition coefficient (Wildman–Crippen LogP) is -0.811. The maximum atomic E-state index is 11.1. The van der Waals surface area contributed by atoms with Gasteiger partial charge in [-0.05, 0) is 19.9 Å². The van der Waals surface area contributed by atoms with Gasteiger partial charge in [0.2, 0.25) is 5.91 Å². The highest BCUT2D eigenvalue weighted by atomic mass is 16.3. The van der Waals surface area contributed by atoms with Crippen molar-refractivity contribution in [3.05, 3.63) is 0 Å². The van der Waals surface area contributed by atoms with Gasteiger partial charge in [-0.15, -0.1) is 0 Å². The molecule has 0 aromatic rings. The van der Waals surface area contributed by atoms with Crippen LogP contribution in [0.15, 0.2) is 0 Å². The smallest absolute Gasteiger partial charge is 0.234 e. The quantitative estimate of drug-likeness (QED) is 0.570. The lowest BCUT2D eigenvalue weighted by atomic mass is 10.5. The van der Waals surface area contributed by atoms with Crippen LogP contribution in [0.5, 0.6) is 0 Å². The van der Waals surface area contributed by atoms with E-state index in [1.807, 2.05) is 7.05 Å². The van der Waals surface area contributed by atoms with E-state index in [1.54, 1.807) is 4.90 Å². The van der Waals surface area contributed by atoms with Gasteiger partial charge in [0.05, 0.1) is 13.2 Å². The number of aliphatic hydroxyl groups excluding tert-OH is 1. The Morgan fingerprint density at radius 1 is 1.67 bits per heavy atom. The normalized spacial score (nSPS) is 16.6. The molecular formula is C8H16N2O2. The first-order chi connectivity index (χ1) is 5.72. The highest BCUT2D eigenvalue weighted by Gasteiger charge is 2.23. The minimum atomic E-state index is 0.0634. The maximum Gasteiger partial charge on any atom is 0.234 e. The summed E-state index contributed by atoms with van der Waals surface area (Å²) in [6.45, 7) is 1.04. The Hall–Kier alpha value is -0.610. The van der Waals surface area contributed by atoms with Crippen LogP contribution in [-0.2, 0) is 4.79 Å². The number of rotatable bonds is 5. The molecule has 0 aliphatic heterocycles. The fourth-order valence-electron chi connectivity index (χ4n) is 0.996. The van der Waals surface area contributed by atoms with Crippen LogP contribution in [0.4, 0.5) is 0 Å². The van der Waals surface area contributed by atoms with Crippen LogP contribution in [0, 0.1) is 0 Å². The summed E-state index contributed by atoms with van der Waals surface area (Å²) in [6, 6.07) is 0.431. The number of likely N-dealkylation sites (N-methyl/N-ethyl adjacent to an activating group) is 1. The van der Waals surface area contributed by atoms with E-state index in [2.05, 4.69) is 5.32 Å². The first kappa shape index (κ1) is 9.48. The summed E-state index contributed by atoms with van der Waals surface area (Å²) >= 11 is 0. The zero-order chi connectivity index (χ0) is 8.97. The van der Waals surface area contributed by atoms with Crippen LogP contribution >= 0.6 is 0 Å². The van der Waals surface area contributed by atoms with Gasteiger partial charge < -0.3 is 10.4 Å². The number of amides is 1. The molecule has 0 bridgehead atoms. The minimum absolute atomic E-state index is 0.0634. The molecule has 0 aromatic carbocycles. The molecule has 1 fully saturated rings. The Morgan fingerprint density at radius 3 is 2.83 bits per heavy atom. The van der Waals surface area contributed by atoms with E-state index in [0.717, 1.165) is 12.8 Å². The molecule has 0 atom stereocenters. The summed E-state index contributed by atoms with van der Waals surface area (Å²) in [5, 5.41) is 11.5. The number of nitrogens with one attached hydrogen (secondary N) is 1. The Labute approximate surface area is 72.6 Å². The molecule has 0 aromatic heterocycles. The van der Waals surface area contributed by atoms with E-state index < -0.39 is 0 Å². The van der Waals surface area contributed by atoms with Crippen molar-refractivity contribution in [3.8, 4) is 0 Å². The molecule has 1 rings (SSSR count). The van der Waals surface area contributed by atoms with Crippen LogP contribution in [0.1, 0.15) is 12.8 Å². The molecule has 1 aliphatic rings. The molecule has 4 nitrogen and oxygen atoms in total. The van der Waals surface area contributed by atoms with Crippen LogP contribution < -0.4 is 5.32 Å². The van der Waals surface area contributed by atoms with E-state index in [9.17, 15) is 4.79 Å².